The molecule has 0 aromatic carbocycles. The zero-order chi connectivity index (χ0) is 13.4. The molecule has 1 rings (SSSR count). The summed E-state index contributed by atoms with van der Waals surface area (Å²) in [6.45, 7) is 2.21. The Kier molecular flexibility index (Phi) is 6.01. The normalized spacial score (nSPS) is 18.8. The molecule has 0 radical (unpaired) electrons. The molecule has 0 aromatic rings. The summed E-state index contributed by atoms with van der Waals surface area (Å²) in [5, 5.41) is 20.3. The third-order valence-electron chi connectivity index (χ3n) is 1.62. The monoisotopic (exact) mass is 244 g/mol. The maximum absolute atomic E-state index is 10.6. The number of carbonyl (C=O) groups is 4. The first-order valence-corrected chi connectivity index (χ1v) is 4.55. The van der Waals surface area contributed by atoms with Crippen LogP contribution in [0, 0.1) is 5.92 Å². The minimum atomic E-state index is -1.26. The van der Waals surface area contributed by atoms with Gasteiger partial charge in [-0.3, -0.25) is 10.1 Å². The summed E-state index contributed by atoms with van der Waals surface area (Å²) in [6.07, 6.45) is 1.12. The van der Waals surface area contributed by atoms with Crippen molar-refractivity contribution in [3.63, 3.8) is 0 Å². The number of carbonyl (C=O) groups excluding carboxylic acids is 2. The molecular weight excluding hydrogens is 232 g/mol. The molecule has 1 saturated heterocycles. The summed E-state index contributed by atoms with van der Waals surface area (Å²) >= 11 is 0. The Bertz CT molecular complexity index is 346. The number of imide groups is 1. The van der Waals surface area contributed by atoms with Gasteiger partial charge in [0, 0.05) is 18.7 Å². The molecule has 0 bridgehead atoms. The van der Waals surface area contributed by atoms with E-state index in [9.17, 15) is 19.2 Å². The number of carboxylic acid groups (broad SMARTS) is 2. The largest absolute Gasteiger partial charge is 0.478 e. The van der Waals surface area contributed by atoms with E-state index in [0.717, 1.165) is 0 Å². The van der Waals surface area contributed by atoms with Gasteiger partial charge in [0.15, 0.2) is 0 Å². The quantitative estimate of drug-likeness (QED) is 0.469. The number of aliphatic carboxylic acids is 2. The van der Waals surface area contributed by atoms with Crippen molar-refractivity contribution in [2.45, 2.75) is 6.92 Å². The highest BCUT2D eigenvalue weighted by Crippen LogP contribution is 1.95. The summed E-state index contributed by atoms with van der Waals surface area (Å²) < 4.78 is 0. The standard InChI is InChI=1S/C5H8N2O2.C4H4O4/c1-3-2-6-5(9)7-4(3)8;5-3(6)1-2-4(7)8/h3H,2H2,1H3,(H2,6,7,8,9);1-2H,(H,5,6)(H,7,8). The Balaban J connectivity index is 0.000000304. The third-order valence-corrected chi connectivity index (χ3v) is 1.62. The topological polar surface area (TPSA) is 133 Å². The van der Waals surface area contributed by atoms with E-state index < -0.39 is 18.0 Å². The van der Waals surface area contributed by atoms with Crippen molar-refractivity contribution in [2.24, 2.45) is 5.92 Å². The molecule has 94 valence electrons. The van der Waals surface area contributed by atoms with Gasteiger partial charge in [-0.2, -0.15) is 0 Å². The predicted molar refractivity (Wildman–Crippen MR) is 55.1 cm³/mol. The van der Waals surface area contributed by atoms with Crippen LogP contribution in [-0.4, -0.2) is 40.6 Å². The number of amides is 3. The average molecular weight is 244 g/mol. The lowest BCUT2D eigenvalue weighted by atomic mass is 10.1. The van der Waals surface area contributed by atoms with Crippen molar-refractivity contribution >= 4 is 23.9 Å². The smallest absolute Gasteiger partial charge is 0.328 e. The number of urea groups is 1. The van der Waals surface area contributed by atoms with Gasteiger partial charge in [0.05, 0.1) is 5.92 Å². The molecule has 1 aliphatic heterocycles. The highest BCUT2D eigenvalue weighted by molar-refractivity contribution is 5.97. The molecule has 8 nitrogen and oxygen atoms in total. The van der Waals surface area contributed by atoms with Crippen LogP contribution in [0.15, 0.2) is 12.2 Å². The van der Waals surface area contributed by atoms with Crippen LogP contribution in [0.2, 0.25) is 0 Å². The molecule has 0 spiro atoms. The molecule has 3 amide bonds. The summed E-state index contributed by atoms with van der Waals surface area (Å²) in [7, 11) is 0. The van der Waals surface area contributed by atoms with Gasteiger partial charge < -0.3 is 15.5 Å². The van der Waals surface area contributed by atoms with Crippen molar-refractivity contribution in [3.05, 3.63) is 12.2 Å². The van der Waals surface area contributed by atoms with Crippen molar-refractivity contribution < 1.29 is 29.4 Å². The number of rotatable bonds is 2. The van der Waals surface area contributed by atoms with E-state index >= 15 is 0 Å². The van der Waals surface area contributed by atoms with Gasteiger partial charge in [0.25, 0.3) is 0 Å². The third kappa shape index (κ3) is 7.54. The second-order valence-electron chi connectivity index (χ2n) is 3.11. The van der Waals surface area contributed by atoms with Gasteiger partial charge in [-0.1, -0.05) is 6.92 Å². The molecule has 1 aliphatic rings. The minimum absolute atomic E-state index is 0.0947. The fraction of sp³-hybridized carbons (Fsp3) is 0.333. The molecule has 4 N–H and O–H groups in total. The van der Waals surface area contributed by atoms with Crippen LogP contribution in [-0.2, 0) is 14.4 Å². The van der Waals surface area contributed by atoms with Gasteiger partial charge in [0.2, 0.25) is 5.91 Å². The highest BCUT2D eigenvalue weighted by atomic mass is 16.4. The molecule has 0 aromatic heterocycles. The fourth-order valence-corrected chi connectivity index (χ4v) is 0.760. The number of hydrogen-bond acceptors (Lipinski definition) is 4. The van der Waals surface area contributed by atoms with E-state index in [1.807, 2.05) is 0 Å². The molecule has 0 saturated carbocycles. The van der Waals surface area contributed by atoms with Gasteiger partial charge >= 0.3 is 18.0 Å². The van der Waals surface area contributed by atoms with Crippen molar-refractivity contribution in [3.8, 4) is 0 Å². The summed E-state index contributed by atoms with van der Waals surface area (Å²) in [4.78, 5) is 40.1. The molecule has 1 heterocycles. The van der Waals surface area contributed by atoms with E-state index in [1.54, 1.807) is 6.92 Å². The van der Waals surface area contributed by atoms with Crippen molar-refractivity contribution in [1.29, 1.82) is 0 Å². The summed E-state index contributed by atoms with van der Waals surface area (Å²) in [5.74, 6) is -2.80. The number of carboxylic acids is 2. The molecule has 0 aliphatic carbocycles. The van der Waals surface area contributed by atoms with Crippen LogP contribution < -0.4 is 10.6 Å². The van der Waals surface area contributed by atoms with Crippen LogP contribution in [0.3, 0.4) is 0 Å². The van der Waals surface area contributed by atoms with E-state index in [1.165, 1.54) is 0 Å². The van der Waals surface area contributed by atoms with Gasteiger partial charge in [-0.05, 0) is 0 Å². The predicted octanol–water partition coefficient (Wildman–Crippen LogP) is -0.826. The van der Waals surface area contributed by atoms with Gasteiger partial charge in [0.1, 0.15) is 0 Å². The Morgan fingerprint density at radius 2 is 1.71 bits per heavy atom. The maximum Gasteiger partial charge on any atom is 0.328 e. The molecule has 1 atom stereocenters. The van der Waals surface area contributed by atoms with Gasteiger partial charge in [-0.25, -0.2) is 14.4 Å². The SMILES string of the molecule is CC1CNC(=O)NC1=O.O=C(O)C=CC(=O)O. The van der Waals surface area contributed by atoms with Gasteiger partial charge in [-0.15, -0.1) is 0 Å². The van der Waals surface area contributed by atoms with E-state index in [4.69, 9.17) is 10.2 Å². The van der Waals surface area contributed by atoms with Crippen LogP contribution in [0.5, 0.6) is 0 Å². The summed E-state index contributed by atoms with van der Waals surface area (Å²) in [6, 6.07) is -0.391. The lowest BCUT2D eigenvalue weighted by Gasteiger charge is -2.17. The van der Waals surface area contributed by atoms with E-state index in [-0.39, 0.29) is 11.8 Å². The molecular formula is C9H12N2O6. The number of hydrogen-bond donors (Lipinski definition) is 4. The molecule has 17 heavy (non-hydrogen) atoms. The molecule has 1 unspecified atom stereocenters. The lowest BCUT2D eigenvalue weighted by Crippen LogP contribution is -2.51. The van der Waals surface area contributed by atoms with Crippen molar-refractivity contribution in [1.82, 2.24) is 10.6 Å². The highest BCUT2D eigenvalue weighted by Gasteiger charge is 2.20. The van der Waals surface area contributed by atoms with E-state index in [2.05, 4.69) is 10.6 Å². The lowest BCUT2D eigenvalue weighted by molar-refractivity contribution is -0.134. The summed E-state index contributed by atoms with van der Waals surface area (Å²) in [5.41, 5.74) is 0. The Morgan fingerprint density at radius 3 is 2.00 bits per heavy atom. The Morgan fingerprint density at radius 1 is 1.24 bits per heavy atom. The average Bonchev–Trinajstić information content (AvgIpc) is 2.22. The fourth-order valence-electron chi connectivity index (χ4n) is 0.760. The number of nitrogens with one attached hydrogen (secondary N) is 2. The maximum atomic E-state index is 10.6. The second kappa shape index (κ2) is 6.99. The molecule has 8 heteroatoms. The first-order chi connectivity index (χ1) is 7.82. The Labute approximate surface area is 96.3 Å². The van der Waals surface area contributed by atoms with Crippen LogP contribution >= 0.6 is 0 Å². The second-order valence-corrected chi connectivity index (χ2v) is 3.11. The van der Waals surface area contributed by atoms with Crippen LogP contribution in [0.25, 0.3) is 0 Å². The first kappa shape index (κ1) is 14.6. The van der Waals surface area contributed by atoms with E-state index in [0.29, 0.717) is 18.7 Å². The first-order valence-electron chi connectivity index (χ1n) is 4.55. The Hall–Kier alpha value is -2.38. The van der Waals surface area contributed by atoms with Crippen molar-refractivity contribution in [2.75, 3.05) is 6.54 Å². The zero-order valence-corrected chi connectivity index (χ0v) is 8.97. The minimum Gasteiger partial charge on any atom is -0.478 e. The molecule has 1 fully saturated rings. The van der Waals surface area contributed by atoms with Crippen LogP contribution in [0.4, 0.5) is 4.79 Å². The zero-order valence-electron chi connectivity index (χ0n) is 8.97. The van der Waals surface area contributed by atoms with Crippen LogP contribution in [0.1, 0.15) is 6.92 Å².